The number of hydrogen-bond acceptors (Lipinski definition) is 9. The number of benzene rings is 3. The van der Waals surface area contributed by atoms with Gasteiger partial charge in [-0.2, -0.15) is 0 Å². The molecule has 44 heavy (non-hydrogen) atoms. The van der Waals surface area contributed by atoms with E-state index in [-0.39, 0.29) is 18.5 Å². The van der Waals surface area contributed by atoms with Crippen LogP contribution < -0.4 is 23.8 Å². The van der Waals surface area contributed by atoms with Gasteiger partial charge in [0.05, 0.1) is 26.5 Å². The number of aromatic nitrogens is 1. The van der Waals surface area contributed by atoms with Gasteiger partial charge in [0.1, 0.15) is 16.5 Å². The lowest BCUT2D eigenvalue weighted by Gasteiger charge is -2.35. The maximum atomic E-state index is 14.3. The first-order valence-corrected chi connectivity index (χ1v) is 15.4. The van der Waals surface area contributed by atoms with E-state index in [4.69, 9.17) is 23.9 Å². The van der Waals surface area contributed by atoms with E-state index in [1.807, 2.05) is 46.7 Å². The molecule has 9 nitrogen and oxygen atoms in total. The number of nitrogens with zero attached hydrogens (tertiary/aromatic N) is 4. The molecule has 230 valence electrons. The highest BCUT2D eigenvalue weighted by atomic mass is 32.1. The van der Waals surface area contributed by atoms with Crippen molar-refractivity contribution >= 4 is 22.9 Å². The molecule has 1 amide bonds. The summed E-state index contributed by atoms with van der Waals surface area (Å²) in [6, 6.07) is 18.7. The summed E-state index contributed by atoms with van der Waals surface area (Å²) in [6.07, 6.45) is 0.786. The van der Waals surface area contributed by atoms with Gasteiger partial charge in [0.25, 0.3) is 5.91 Å². The predicted molar refractivity (Wildman–Crippen MR) is 167 cm³/mol. The molecule has 0 unspecified atom stereocenters. The molecular formula is C33H35FN4O5S. The van der Waals surface area contributed by atoms with E-state index < -0.39 is 0 Å². The third-order valence-electron chi connectivity index (χ3n) is 7.90. The summed E-state index contributed by atoms with van der Waals surface area (Å²) in [5.41, 5.74) is 3.25. The van der Waals surface area contributed by atoms with Gasteiger partial charge in [-0.05, 0) is 53.9 Å². The minimum absolute atomic E-state index is 0.0895. The van der Waals surface area contributed by atoms with E-state index in [9.17, 15) is 9.18 Å². The number of para-hydroxylation sites is 1. The molecule has 0 spiro atoms. The lowest BCUT2D eigenvalue weighted by atomic mass is 10.1. The fourth-order valence-electron chi connectivity index (χ4n) is 5.53. The average Bonchev–Trinajstić information content (AvgIpc) is 3.73. The molecule has 0 aliphatic carbocycles. The largest absolute Gasteiger partial charge is 0.493 e. The molecule has 3 aromatic carbocycles. The van der Waals surface area contributed by atoms with Gasteiger partial charge in [0.15, 0.2) is 23.0 Å². The van der Waals surface area contributed by atoms with Crippen molar-refractivity contribution in [2.75, 3.05) is 58.6 Å². The number of carbonyl (C=O) groups excluding carboxylic acids is 1. The Morgan fingerprint density at radius 2 is 1.70 bits per heavy atom. The number of ether oxygens (including phenoxy) is 4. The van der Waals surface area contributed by atoms with Gasteiger partial charge in [-0.25, -0.2) is 9.37 Å². The lowest BCUT2D eigenvalue weighted by molar-refractivity contribution is 0.0741. The summed E-state index contributed by atoms with van der Waals surface area (Å²) in [4.78, 5) is 24.2. The van der Waals surface area contributed by atoms with Gasteiger partial charge >= 0.3 is 0 Å². The zero-order valence-corrected chi connectivity index (χ0v) is 25.6. The Kier molecular flexibility index (Phi) is 9.13. The van der Waals surface area contributed by atoms with Crippen LogP contribution >= 0.6 is 11.3 Å². The van der Waals surface area contributed by atoms with Crippen LogP contribution in [0.15, 0.2) is 66.0 Å². The molecule has 3 heterocycles. The Morgan fingerprint density at radius 1 is 0.932 bits per heavy atom. The molecule has 4 aromatic rings. The van der Waals surface area contributed by atoms with Crippen LogP contribution in [0.2, 0.25) is 0 Å². The number of hydrogen-bond donors (Lipinski definition) is 0. The number of thiazole rings is 1. The van der Waals surface area contributed by atoms with Gasteiger partial charge in [-0.3, -0.25) is 9.69 Å². The Morgan fingerprint density at radius 3 is 2.50 bits per heavy atom. The molecule has 1 saturated heterocycles. The SMILES string of the molecule is COc1ccc(CCN(Cc2ccc3c(c2)OCO3)Cc2nc(C(=O)N3CCN(c4ccccc4F)CC3)cs2)cc1OC. The smallest absolute Gasteiger partial charge is 0.273 e. The van der Waals surface area contributed by atoms with Crippen molar-refractivity contribution in [2.24, 2.45) is 0 Å². The number of amides is 1. The maximum absolute atomic E-state index is 14.3. The van der Waals surface area contributed by atoms with Crippen molar-refractivity contribution in [1.82, 2.24) is 14.8 Å². The summed E-state index contributed by atoms with van der Waals surface area (Å²) < 4.78 is 36.2. The van der Waals surface area contributed by atoms with Crippen LogP contribution in [0.4, 0.5) is 10.1 Å². The highest BCUT2D eigenvalue weighted by Crippen LogP contribution is 2.33. The summed E-state index contributed by atoms with van der Waals surface area (Å²) in [5.74, 6) is 2.57. The minimum atomic E-state index is -0.243. The molecule has 6 rings (SSSR count). The molecule has 0 bridgehead atoms. The predicted octanol–water partition coefficient (Wildman–Crippen LogP) is 5.24. The third kappa shape index (κ3) is 6.74. The second-order valence-electron chi connectivity index (χ2n) is 10.7. The molecule has 0 N–H and O–H groups in total. The lowest BCUT2D eigenvalue weighted by Crippen LogP contribution is -2.49. The number of piperazine rings is 1. The zero-order chi connectivity index (χ0) is 30.5. The summed E-state index contributed by atoms with van der Waals surface area (Å²) in [7, 11) is 3.27. The third-order valence-corrected chi connectivity index (χ3v) is 8.73. The molecule has 0 atom stereocenters. The van der Waals surface area contributed by atoms with Crippen LogP contribution in [0.3, 0.4) is 0 Å². The van der Waals surface area contributed by atoms with Crippen LogP contribution in [0, 0.1) is 5.82 Å². The monoisotopic (exact) mass is 618 g/mol. The molecule has 1 aromatic heterocycles. The second-order valence-corrected chi connectivity index (χ2v) is 11.6. The number of methoxy groups -OCH3 is 2. The van der Waals surface area contributed by atoms with Crippen LogP contribution in [0.1, 0.15) is 26.6 Å². The number of carbonyl (C=O) groups is 1. The zero-order valence-electron chi connectivity index (χ0n) is 24.8. The quantitative estimate of drug-likeness (QED) is 0.226. The first-order valence-electron chi connectivity index (χ1n) is 14.6. The number of fused-ring (bicyclic) bond motifs is 1. The molecule has 11 heteroatoms. The van der Waals surface area contributed by atoms with Gasteiger partial charge in [-0.1, -0.05) is 24.3 Å². The first kappa shape index (κ1) is 29.7. The van der Waals surface area contributed by atoms with Crippen molar-refractivity contribution in [1.29, 1.82) is 0 Å². The Hall–Kier alpha value is -4.35. The summed E-state index contributed by atoms with van der Waals surface area (Å²) >= 11 is 1.49. The van der Waals surface area contributed by atoms with Crippen LogP contribution in [-0.2, 0) is 19.5 Å². The standard InChI is InChI=1S/C33H35FN4O5S/c1-40-28-9-7-23(17-30(28)41-2)11-12-36(19-24-8-10-29-31(18-24)43-22-42-29)20-32-35-26(21-44-32)33(39)38-15-13-37(14-16-38)27-6-4-3-5-25(27)34/h3-10,17-18,21H,11-16,19-20,22H2,1-2H3. The summed E-state index contributed by atoms with van der Waals surface area (Å²) in [5, 5.41) is 2.71. The van der Waals surface area contributed by atoms with Crippen LogP contribution in [0.5, 0.6) is 23.0 Å². The van der Waals surface area contributed by atoms with Crippen LogP contribution in [-0.4, -0.2) is 74.4 Å². The highest BCUT2D eigenvalue weighted by Gasteiger charge is 2.25. The molecule has 2 aliphatic heterocycles. The molecule has 1 fully saturated rings. The van der Waals surface area contributed by atoms with E-state index in [1.54, 1.807) is 31.3 Å². The number of anilines is 1. The van der Waals surface area contributed by atoms with Crippen molar-refractivity contribution in [3.05, 3.63) is 93.7 Å². The van der Waals surface area contributed by atoms with Crippen LogP contribution in [0.25, 0.3) is 0 Å². The van der Waals surface area contributed by atoms with Gasteiger partial charge in [-0.15, -0.1) is 11.3 Å². The van der Waals surface area contributed by atoms with Crippen molar-refractivity contribution < 1.29 is 28.1 Å². The molecule has 2 aliphatic rings. The minimum Gasteiger partial charge on any atom is -0.493 e. The van der Waals surface area contributed by atoms with Gasteiger partial charge in [0.2, 0.25) is 6.79 Å². The molecular weight excluding hydrogens is 583 g/mol. The fourth-order valence-corrected chi connectivity index (χ4v) is 6.34. The maximum Gasteiger partial charge on any atom is 0.273 e. The van der Waals surface area contributed by atoms with Crippen molar-refractivity contribution in [3.8, 4) is 23.0 Å². The van der Waals surface area contributed by atoms with E-state index >= 15 is 0 Å². The average molecular weight is 619 g/mol. The van der Waals surface area contributed by atoms with Crippen molar-refractivity contribution in [2.45, 2.75) is 19.5 Å². The Balaban J connectivity index is 1.12. The summed E-state index contributed by atoms with van der Waals surface area (Å²) in [6.45, 7) is 4.42. The molecule has 0 radical (unpaired) electrons. The van der Waals surface area contributed by atoms with Crippen molar-refractivity contribution in [3.63, 3.8) is 0 Å². The van der Waals surface area contributed by atoms with E-state index in [1.165, 1.54) is 17.4 Å². The second kappa shape index (κ2) is 13.5. The Labute approximate surface area is 260 Å². The fraction of sp³-hybridized carbons (Fsp3) is 0.333. The molecule has 0 saturated carbocycles. The first-order chi connectivity index (χ1) is 21.5. The van der Waals surface area contributed by atoms with E-state index in [0.29, 0.717) is 62.1 Å². The Bertz CT molecular complexity index is 1610. The van der Waals surface area contributed by atoms with E-state index in [2.05, 4.69) is 11.0 Å². The van der Waals surface area contributed by atoms with E-state index in [0.717, 1.165) is 40.6 Å². The normalized spacial score (nSPS) is 14.3. The number of halogens is 1. The van der Waals surface area contributed by atoms with Gasteiger partial charge in [0, 0.05) is 44.6 Å². The highest BCUT2D eigenvalue weighted by molar-refractivity contribution is 7.09. The number of rotatable bonds is 11. The van der Waals surface area contributed by atoms with Gasteiger partial charge < -0.3 is 28.7 Å². The topological polar surface area (TPSA) is 76.6 Å².